The highest BCUT2D eigenvalue weighted by molar-refractivity contribution is 6.65. The molecule has 0 atom stereocenters. The van der Waals surface area contributed by atoms with Gasteiger partial charge in [-0.05, 0) is 51.6 Å². The van der Waals surface area contributed by atoms with Crippen LogP contribution in [-0.4, -0.2) is 29.5 Å². The fourth-order valence-corrected chi connectivity index (χ4v) is 3.50. The van der Waals surface area contributed by atoms with Gasteiger partial charge in [0.05, 0.1) is 24.4 Å². The number of ether oxygens (including phenoxy) is 1. The molecule has 5 heteroatoms. The van der Waals surface area contributed by atoms with Crippen molar-refractivity contribution < 1.29 is 14.0 Å². The van der Waals surface area contributed by atoms with E-state index in [1.165, 1.54) is 22.2 Å². The summed E-state index contributed by atoms with van der Waals surface area (Å²) >= 11 is 0. The molecule has 0 N–H and O–H groups in total. The molecule has 1 fully saturated rings. The lowest BCUT2D eigenvalue weighted by Gasteiger charge is -2.32. The first-order valence-corrected chi connectivity index (χ1v) is 8.35. The molecule has 0 amide bonds. The molecule has 0 bridgehead atoms. The maximum absolute atomic E-state index is 6.32. The van der Waals surface area contributed by atoms with Crippen molar-refractivity contribution in [2.24, 2.45) is 0 Å². The third-order valence-corrected chi connectivity index (χ3v) is 5.56. The molecule has 0 aliphatic carbocycles. The molecule has 0 saturated carbocycles. The minimum atomic E-state index is -0.344. The summed E-state index contributed by atoms with van der Waals surface area (Å²) in [5, 5.41) is 1.22. The summed E-state index contributed by atoms with van der Waals surface area (Å²) < 4.78 is 20.7. The van der Waals surface area contributed by atoms with Crippen molar-refractivity contribution in [2.45, 2.75) is 59.0 Å². The van der Waals surface area contributed by atoms with Gasteiger partial charge in [0.2, 0.25) is 0 Å². The van der Waals surface area contributed by atoms with Crippen LogP contribution in [0.1, 0.15) is 39.0 Å². The van der Waals surface area contributed by atoms with Gasteiger partial charge in [0.25, 0.3) is 0 Å². The molecule has 0 radical (unpaired) electrons. The average Bonchev–Trinajstić information content (AvgIpc) is 2.90. The monoisotopic (exact) mass is 313 g/mol. The van der Waals surface area contributed by atoms with Gasteiger partial charge in [0, 0.05) is 23.2 Å². The van der Waals surface area contributed by atoms with Crippen molar-refractivity contribution in [3.8, 4) is 0 Å². The van der Waals surface area contributed by atoms with E-state index in [9.17, 15) is 0 Å². The number of benzene rings is 1. The van der Waals surface area contributed by atoms with Crippen LogP contribution in [0.25, 0.3) is 10.9 Å². The van der Waals surface area contributed by atoms with Gasteiger partial charge in [-0.3, -0.25) is 0 Å². The summed E-state index contributed by atoms with van der Waals surface area (Å²) in [7, 11) is -0.344. The topological polar surface area (TPSA) is 32.6 Å². The normalized spacial score (nSPS) is 22.6. The Hall–Kier alpha value is -1.30. The molecule has 1 aromatic heterocycles. The molecule has 4 rings (SSSR count). The number of hydrogen-bond donors (Lipinski definition) is 0. The number of nitrogens with zero attached hydrogens (tertiary/aromatic N) is 1. The highest BCUT2D eigenvalue weighted by Crippen LogP contribution is 2.38. The molecule has 1 saturated heterocycles. The second kappa shape index (κ2) is 4.85. The Morgan fingerprint density at radius 1 is 1.09 bits per heavy atom. The van der Waals surface area contributed by atoms with Gasteiger partial charge >= 0.3 is 7.12 Å². The maximum atomic E-state index is 6.32. The lowest BCUT2D eigenvalue weighted by atomic mass is 9.76. The molecule has 2 aromatic rings. The van der Waals surface area contributed by atoms with E-state index < -0.39 is 0 Å². The fraction of sp³-hybridized carbons (Fsp3) is 0.556. The highest BCUT2D eigenvalue weighted by Gasteiger charge is 2.53. The lowest BCUT2D eigenvalue weighted by molar-refractivity contribution is 0.00578. The van der Waals surface area contributed by atoms with Crippen molar-refractivity contribution in [3.63, 3.8) is 0 Å². The molecule has 3 heterocycles. The Bertz CT molecular complexity index is 762. The number of fused-ring (bicyclic) bond motifs is 3. The number of aryl methyl sites for hydroxylation is 1. The minimum Gasteiger partial charge on any atom is -0.399 e. The predicted molar refractivity (Wildman–Crippen MR) is 92.0 cm³/mol. The van der Waals surface area contributed by atoms with Crippen LogP contribution in [0.15, 0.2) is 18.2 Å². The zero-order chi connectivity index (χ0) is 16.4. The van der Waals surface area contributed by atoms with E-state index >= 15 is 0 Å². The van der Waals surface area contributed by atoms with Gasteiger partial charge in [-0.25, -0.2) is 0 Å². The highest BCUT2D eigenvalue weighted by atomic mass is 16.7. The van der Waals surface area contributed by atoms with Gasteiger partial charge < -0.3 is 18.6 Å². The molecular weight excluding hydrogens is 289 g/mol. The predicted octanol–water partition coefficient (Wildman–Crippen LogP) is 2.78. The first kappa shape index (κ1) is 15.2. The van der Waals surface area contributed by atoms with E-state index in [2.05, 4.69) is 57.4 Å². The van der Waals surface area contributed by atoms with Gasteiger partial charge in [-0.2, -0.15) is 0 Å². The Morgan fingerprint density at radius 2 is 1.78 bits per heavy atom. The molecule has 23 heavy (non-hydrogen) atoms. The second-order valence-electron chi connectivity index (χ2n) is 7.67. The lowest BCUT2D eigenvalue weighted by Crippen LogP contribution is -2.41. The van der Waals surface area contributed by atoms with Crippen molar-refractivity contribution in [3.05, 3.63) is 29.5 Å². The number of rotatable bonds is 1. The van der Waals surface area contributed by atoms with Crippen molar-refractivity contribution in [2.75, 3.05) is 6.61 Å². The molecule has 2 aliphatic rings. The molecule has 1 aromatic carbocycles. The first-order valence-electron chi connectivity index (χ1n) is 8.35. The van der Waals surface area contributed by atoms with Crippen LogP contribution >= 0.6 is 0 Å². The van der Waals surface area contributed by atoms with E-state index in [-0.39, 0.29) is 18.3 Å². The van der Waals surface area contributed by atoms with Crippen LogP contribution in [0.5, 0.6) is 0 Å². The third-order valence-electron chi connectivity index (χ3n) is 5.56. The first-order chi connectivity index (χ1) is 10.8. The van der Waals surface area contributed by atoms with Gasteiger partial charge in [0.15, 0.2) is 0 Å². The Kier molecular flexibility index (Phi) is 3.22. The molecule has 0 spiro atoms. The SMILES string of the molecule is Cc1ccc2c(B3OC(C)(C)C(C)(C)O3)c3n(c2c1)CCOC3. The van der Waals surface area contributed by atoms with Crippen LogP contribution in [0.2, 0.25) is 0 Å². The van der Waals surface area contributed by atoms with E-state index in [1.807, 2.05) is 0 Å². The quantitative estimate of drug-likeness (QED) is 0.759. The van der Waals surface area contributed by atoms with Crippen LogP contribution < -0.4 is 5.46 Å². The number of hydrogen-bond acceptors (Lipinski definition) is 3. The smallest absolute Gasteiger partial charge is 0.399 e. The van der Waals surface area contributed by atoms with Gasteiger partial charge in [0.1, 0.15) is 0 Å². The fourth-order valence-electron chi connectivity index (χ4n) is 3.50. The maximum Gasteiger partial charge on any atom is 0.497 e. The van der Waals surface area contributed by atoms with Crippen molar-refractivity contribution >= 4 is 23.5 Å². The summed E-state index contributed by atoms with van der Waals surface area (Å²) in [6.45, 7) is 12.8. The Labute approximate surface area is 137 Å². The summed E-state index contributed by atoms with van der Waals surface area (Å²) in [6.07, 6.45) is 0. The Morgan fingerprint density at radius 3 is 2.48 bits per heavy atom. The summed E-state index contributed by atoms with van der Waals surface area (Å²) in [4.78, 5) is 0. The van der Waals surface area contributed by atoms with E-state index in [0.29, 0.717) is 6.61 Å². The largest absolute Gasteiger partial charge is 0.497 e. The Balaban J connectivity index is 1.91. The van der Waals surface area contributed by atoms with E-state index in [0.717, 1.165) is 18.6 Å². The zero-order valence-electron chi connectivity index (χ0n) is 14.6. The third kappa shape index (κ3) is 2.18. The molecule has 122 valence electrons. The van der Waals surface area contributed by atoms with Crippen LogP contribution in [0.4, 0.5) is 0 Å². The van der Waals surface area contributed by atoms with Gasteiger partial charge in [-0.1, -0.05) is 12.1 Å². The minimum absolute atomic E-state index is 0.334. The average molecular weight is 313 g/mol. The van der Waals surface area contributed by atoms with Crippen LogP contribution in [-0.2, 0) is 27.2 Å². The summed E-state index contributed by atoms with van der Waals surface area (Å²) in [5.41, 5.74) is 4.18. The number of aromatic nitrogens is 1. The van der Waals surface area contributed by atoms with Crippen molar-refractivity contribution in [1.29, 1.82) is 0 Å². The molecule has 4 nitrogen and oxygen atoms in total. The molecular formula is C18H24BNO3. The second-order valence-corrected chi connectivity index (χ2v) is 7.67. The summed E-state index contributed by atoms with van der Waals surface area (Å²) in [6, 6.07) is 6.60. The van der Waals surface area contributed by atoms with Crippen molar-refractivity contribution in [1.82, 2.24) is 4.57 Å². The van der Waals surface area contributed by atoms with Crippen LogP contribution in [0.3, 0.4) is 0 Å². The molecule has 0 unspecified atom stereocenters. The zero-order valence-corrected chi connectivity index (χ0v) is 14.6. The van der Waals surface area contributed by atoms with Gasteiger partial charge in [-0.15, -0.1) is 0 Å². The van der Waals surface area contributed by atoms with Crippen LogP contribution in [0, 0.1) is 6.92 Å². The standard InChI is InChI=1S/C18H24BNO3/c1-12-6-7-13-14(10-12)20-8-9-21-11-15(20)16(13)19-22-17(2,3)18(4,5)23-19/h6-7,10H,8-9,11H2,1-5H3. The molecule has 2 aliphatic heterocycles. The summed E-state index contributed by atoms with van der Waals surface area (Å²) in [5.74, 6) is 0. The van der Waals surface area contributed by atoms with E-state index in [4.69, 9.17) is 14.0 Å². The van der Waals surface area contributed by atoms with E-state index in [1.54, 1.807) is 0 Å².